The van der Waals surface area contributed by atoms with Crippen molar-refractivity contribution in [3.8, 4) is 0 Å². The monoisotopic (exact) mass is 369 g/mol. The predicted octanol–water partition coefficient (Wildman–Crippen LogP) is 2.68. The largest absolute Gasteiger partial charge is 0.323 e. The Morgan fingerprint density at radius 3 is 2.73 bits per heavy atom. The number of carbonyl (C=O) groups excluding carboxylic acids is 3. The Balaban J connectivity index is 1.58. The molecule has 2 aliphatic heterocycles. The summed E-state index contributed by atoms with van der Waals surface area (Å²) in [6.45, 7) is 0.232. The van der Waals surface area contributed by atoms with Crippen LogP contribution in [0.5, 0.6) is 0 Å². The Hall–Kier alpha value is -2.86. The molecular weight excluding hydrogens is 354 g/mol. The van der Waals surface area contributed by atoms with Gasteiger partial charge < -0.3 is 15.1 Å². The van der Waals surface area contributed by atoms with Crippen molar-refractivity contribution in [1.29, 1.82) is 0 Å². The van der Waals surface area contributed by atoms with Crippen molar-refractivity contribution in [2.45, 2.75) is 6.42 Å². The van der Waals surface area contributed by atoms with E-state index in [0.717, 1.165) is 0 Å². The van der Waals surface area contributed by atoms with Gasteiger partial charge in [-0.25, -0.2) is 0 Å². The molecule has 6 nitrogen and oxygen atoms in total. The van der Waals surface area contributed by atoms with Crippen molar-refractivity contribution in [2.75, 3.05) is 28.2 Å². The van der Waals surface area contributed by atoms with Crippen molar-refractivity contribution in [3.05, 3.63) is 53.6 Å². The van der Waals surface area contributed by atoms with E-state index in [9.17, 15) is 14.4 Å². The second-order valence-corrected chi connectivity index (χ2v) is 6.81. The summed E-state index contributed by atoms with van der Waals surface area (Å²) in [6.07, 6.45) is 0.117. The Bertz CT molecular complexity index is 914. The molecule has 132 valence electrons. The molecule has 0 aliphatic carbocycles. The van der Waals surface area contributed by atoms with Gasteiger partial charge in [0.25, 0.3) is 0 Å². The molecule has 1 N–H and O–H groups in total. The van der Waals surface area contributed by atoms with Crippen molar-refractivity contribution in [2.24, 2.45) is 5.92 Å². The van der Waals surface area contributed by atoms with E-state index in [1.54, 1.807) is 47.4 Å². The topological polar surface area (TPSA) is 69.7 Å². The Morgan fingerprint density at radius 2 is 1.92 bits per heavy atom. The maximum atomic E-state index is 13.0. The maximum Gasteiger partial charge on any atom is 0.244 e. The zero-order valence-corrected chi connectivity index (χ0v) is 14.6. The summed E-state index contributed by atoms with van der Waals surface area (Å²) >= 11 is 6.01. The Morgan fingerprint density at radius 1 is 1.12 bits per heavy atom. The van der Waals surface area contributed by atoms with Gasteiger partial charge in [0, 0.05) is 23.7 Å². The molecule has 7 heteroatoms. The minimum absolute atomic E-state index is 0.0439. The molecular formula is C19H16ClN3O3. The van der Waals surface area contributed by atoms with Gasteiger partial charge in [-0.2, -0.15) is 0 Å². The first-order chi connectivity index (χ1) is 12.5. The number of hydrogen-bond acceptors (Lipinski definition) is 3. The molecule has 0 bridgehead atoms. The summed E-state index contributed by atoms with van der Waals surface area (Å²) in [7, 11) is 0. The lowest BCUT2D eigenvalue weighted by Gasteiger charge is -2.30. The fourth-order valence-corrected chi connectivity index (χ4v) is 3.60. The van der Waals surface area contributed by atoms with Gasteiger partial charge in [-0.1, -0.05) is 29.8 Å². The van der Waals surface area contributed by atoms with E-state index in [0.29, 0.717) is 22.1 Å². The van der Waals surface area contributed by atoms with E-state index in [4.69, 9.17) is 11.6 Å². The van der Waals surface area contributed by atoms with E-state index < -0.39 is 5.92 Å². The van der Waals surface area contributed by atoms with Crippen LogP contribution >= 0.6 is 11.6 Å². The number of fused-ring (bicyclic) bond motifs is 1. The van der Waals surface area contributed by atoms with Gasteiger partial charge in [0.15, 0.2) is 0 Å². The van der Waals surface area contributed by atoms with Crippen LogP contribution in [0.4, 0.5) is 17.1 Å². The second-order valence-electron chi connectivity index (χ2n) is 6.37. The first kappa shape index (κ1) is 16.6. The fraction of sp³-hybridized carbons (Fsp3) is 0.211. The van der Waals surface area contributed by atoms with Gasteiger partial charge in [0.1, 0.15) is 6.54 Å². The van der Waals surface area contributed by atoms with Crippen LogP contribution in [-0.2, 0) is 14.4 Å². The van der Waals surface area contributed by atoms with E-state index >= 15 is 0 Å². The minimum Gasteiger partial charge on any atom is -0.323 e. The van der Waals surface area contributed by atoms with Crippen LogP contribution in [0, 0.1) is 5.92 Å². The summed E-state index contributed by atoms with van der Waals surface area (Å²) in [6, 6.07) is 14.2. The highest BCUT2D eigenvalue weighted by molar-refractivity contribution is 6.31. The standard InChI is InChI=1S/C19H16ClN3O3/c20-13-4-3-5-14(9-13)22-10-12(8-18(22)25)19(26)23-11-17(24)21-15-6-1-2-7-16(15)23/h1-7,9,12H,8,10-11H2,(H,21,24). The smallest absolute Gasteiger partial charge is 0.244 e. The molecule has 1 fully saturated rings. The maximum absolute atomic E-state index is 13.0. The van der Waals surface area contributed by atoms with E-state index in [-0.39, 0.29) is 37.2 Å². The molecule has 0 spiro atoms. The average molecular weight is 370 g/mol. The molecule has 2 aliphatic rings. The van der Waals surface area contributed by atoms with Gasteiger partial charge in [0.05, 0.1) is 17.3 Å². The molecule has 2 aromatic rings. The van der Waals surface area contributed by atoms with Crippen LogP contribution < -0.4 is 15.1 Å². The lowest BCUT2D eigenvalue weighted by molar-refractivity contribution is -0.125. The zero-order valence-electron chi connectivity index (χ0n) is 13.8. The van der Waals surface area contributed by atoms with Gasteiger partial charge in [-0.15, -0.1) is 0 Å². The minimum atomic E-state index is -0.500. The van der Waals surface area contributed by atoms with E-state index in [1.165, 1.54) is 4.90 Å². The van der Waals surface area contributed by atoms with Gasteiger partial charge in [0.2, 0.25) is 17.7 Å². The summed E-state index contributed by atoms with van der Waals surface area (Å²) in [5.74, 6) is -1.08. The van der Waals surface area contributed by atoms with Crippen LogP contribution in [-0.4, -0.2) is 30.8 Å². The molecule has 1 unspecified atom stereocenters. The Kier molecular flexibility index (Phi) is 4.12. The lowest BCUT2D eigenvalue weighted by atomic mass is 10.1. The van der Waals surface area contributed by atoms with Gasteiger partial charge in [-0.05, 0) is 30.3 Å². The summed E-state index contributed by atoms with van der Waals surface area (Å²) in [4.78, 5) is 40.5. The van der Waals surface area contributed by atoms with Crippen molar-refractivity contribution in [1.82, 2.24) is 0 Å². The molecule has 4 rings (SSSR count). The lowest BCUT2D eigenvalue weighted by Crippen LogP contribution is -2.45. The fourth-order valence-electron chi connectivity index (χ4n) is 3.42. The highest BCUT2D eigenvalue weighted by atomic mass is 35.5. The number of nitrogens with one attached hydrogen (secondary N) is 1. The molecule has 1 atom stereocenters. The van der Waals surface area contributed by atoms with Crippen LogP contribution in [0.3, 0.4) is 0 Å². The number of benzene rings is 2. The predicted molar refractivity (Wildman–Crippen MR) is 99.3 cm³/mol. The number of para-hydroxylation sites is 2. The van der Waals surface area contributed by atoms with E-state index in [2.05, 4.69) is 5.32 Å². The molecule has 3 amide bonds. The van der Waals surface area contributed by atoms with Crippen molar-refractivity contribution < 1.29 is 14.4 Å². The van der Waals surface area contributed by atoms with Crippen molar-refractivity contribution >= 4 is 46.4 Å². The molecule has 0 aromatic heterocycles. The SMILES string of the molecule is O=C1CN(C(=O)C2CC(=O)N(c3cccc(Cl)c3)C2)c2ccccc2N1. The van der Waals surface area contributed by atoms with Crippen LogP contribution in [0.15, 0.2) is 48.5 Å². The highest BCUT2D eigenvalue weighted by Gasteiger charge is 2.39. The number of carbonyl (C=O) groups is 3. The first-order valence-electron chi connectivity index (χ1n) is 8.29. The number of rotatable bonds is 2. The average Bonchev–Trinajstić information content (AvgIpc) is 3.02. The third-order valence-corrected chi connectivity index (χ3v) is 4.87. The quantitative estimate of drug-likeness (QED) is 0.884. The molecule has 1 saturated heterocycles. The molecule has 2 aromatic carbocycles. The zero-order chi connectivity index (χ0) is 18.3. The third-order valence-electron chi connectivity index (χ3n) is 4.63. The molecule has 2 heterocycles. The van der Waals surface area contributed by atoms with Crippen LogP contribution in [0.1, 0.15) is 6.42 Å². The Labute approximate surface area is 155 Å². The normalized spacial score (nSPS) is 19.3. The number of amides is 3. The third kappa shape index (κ3) is 2.93. The van der Waals surface area contributed by atoms with Gasteiger partial charge >= 0.3 is 0 Å². The van der Waals surface area contributed by atoms with Crippen LogP contribution in [0.25, 0.3) is 0 Å². The number of nitrogens with zero attached hydrogens (tertiary/aromatic N) is 2. The van der Waals surface area contributed by atoms with E-state index in [1.807, 2.05) is 6.07 Å². The number of halogens is 1. The number of hydrogen-bond donors (Lipinski definition) is 1. The van der Waals surface area contributed by atoms with Crippen molar-refractivity contribution in [3.63, 3.8) is 0 Å². The summed E-state index contributed by atoms with van der Waals surface area (Å²) in [5.41, 5.74) is 1.94. The highest BCUT2D eigenvalue weighted by Crippen LogP contribution is 2.33. The molecule has 0 saturated carbocycles. The van der Waals surface area contributed by atoms with Crippen LogP contribution in [0.2, 0.25) is 5.02 Å². The summed E-state index contributed by atoms with van der Waals surface area (Å²) in [5, 5.41) is 3.29. The van der Waals surface area contributed by atoms with Gasteiger partial charge in [-0.3, -0.25) is 14.4 Å². The second kappa shape index (κ2) is 6.46. The first-order valence-corrected chi connectivity index (χ1v) is 8.67. The summed E-state index contributed by atoms with van der Waals surface area (Å²) < 4.78 is 0. The molecule has 0 radical (unpaired) electrons. The number of anilines is 3. The molecule has 26 heavy (non-hydrogen) atoms.